The first-order valence-corrected chi connectivity index (χ1v) is 7.06. The Kier molecular flexibility index (Phi) is 3.14. The van der Waals surface area contributed by atoms with Crippen LogP contribution in [-0.2, 0) is 0 Å². The molecule has 2 aromatic heterocycles. The van der Waals surface area contributed by atoms with E-state index in [1.54, 1.807) is 17.1 Å². The van der Waals surface area contributed by atoms with Gasteiger partial charge in [0.05, 0.1) is 0 Å². The normalized spacial score (nSPS) is 19.1. The van der Waals surface area contributed by atoms with Crippen molar-refractivity contribution in [3.63, 3.8) is 0 Å². The van der Waals surface area contributed by atoms with Gasteiger partial charge in [-0.2, -0.15) is 15.1 Å². The summed E-state index contributed by atoms with van der Waals surface area (Å²) in [6.45, 7) is 3.19. The fourth-order valence-corrected chi connectivity index (χ4v) is 2.77. The quantitative estimate of drug-likeness (QED) is 0.915. The molecule has 2 N–H and O–H groups in total. The topological polar surface area (TPSA) is 72.9 Å². The molecule has 1 atom stereocenters. The standard InChI is InChI=1S/C12H15BrN6/c1-8-4-2-6-18(8)11-9(13)10(14)16-12(17-11)19-7-3-5-15-19/h3,5,7-8H,2,4,6H2,1H3,(H2,14,16,17)/t8-/m0/s1. The average molecular weight is 323 g/mol. The second-order valence-electron chi connectivity index (χ2n) is 4.68. The van der Waals surface area contributed by atoms with Gasteiger partial charge in [-0.15, -0.1) is 0 Å². The molecule has 0 unspecified atom stereocenters. The minimum absolute atomic E-state index is 0.439. The summed E-state index contributed by atoms with van der Waals surface area (Å²) in [5.41, 5.74) is 5.97. The number of nitrogen functional groups attached to an aromatic ring is 1. The molecule has 0 radical (unpaired) electrons. The Labute approximate surface area is 119 Å². The maximum atomic E-state index is 5.97. The van der Waals surface area contributed by atoms with Crippen LogP contribution in [0.25, 0.3) is 5.95 Å². The fourth-order valence-electron chi connectivity index (χ4n) is 2.37. The summed E-state index contributed by atoms with van der Waals surface area (Å²) in [6, 6.07) is 2.30. The number of hydrogen-bond donors (Lipinski definition) is 1. The monoisotopic (exact) mass is 322 g/mol. The van der Waals surface area contributed by atoms with E-state index >= 15 is 0 Å². The van der Waals surface area contributed by atoms with Gasteiger partial charge in [0.1, 0.15) is 10.3 Å². The number of rotatable bonds is 2. The summed E-state index contributed by atoms with van der Waals surface area (Å²) in [5, 5.41) is 4.15. The van der Waals surface area contributed by atoms with Gasteiger partial charge in [-0.1, -0.05) is 0 Å². The Morgan fingerprint density at radius 1 is 1.42 bits per heavy atom. The predicted octanol–water partition coefficient (Wildman–Crippen LogP) is 2.00. The second kappa shape index (κ2) is 4.80. The van der Waals surface area contributed by atoms with Gasteiger partial charge < -0.3 is 10.6 Å². The van der Waals surface area contributed by atoms with Crippen LogP contribution >= 0.6 is 15.9 Å². The molecule has 6 nitrogen and oxygen atoms in total. The summed E-state index contributed by atoms with van der Waals surface area (Å²) in [6.07, 6.45) is 5.85. The highest BCUT2D eigenvalue weighted by molar-refractivity contribution is 9.10. The molecular weight excluding hydrogens is 308 g/mol. The van der Waals surface area contributed by atoms with Crippen molar-refractivity contribution in [1.82, 2.24) is 19.7 Å². The molecule has 0 amide bonds. The SMILES string of the molecule is C[C@H]1CCCN1c1nc(-n2cccn2)nc(N)c1Br. The molecule has 19 heavy (non-hydrogen) atoms. The highest BCUT2D eigenvalue weighted by Crippen LogP contribution is 2.33. The molecule has 1 fully saturated rings. The van der Waals surface area contributed by atoms with E-state index in [-0.39, 0.29) is 0 Å². The van der Waals surface area contributed by atoms with Gasteiger partial charge in [0.15, 0.2) is 5.82 Å². The first-order valence-electron chi connectivity index (χ1n) is 6.26. The van der Waals surface area contributed by atoms with Crippen LogP contribution in [0.1, 0.15) is 19.8 Å². The van der Waals surface area contributed by atoms with E-state index in [4.69, 9.17) is 5.73 Å². The van der Waals surface area contributed by atoms with Crippen LogP contribution in [0.5, 0.6) is 0 Å². The molecule has 1 saturated heterocycles. The largest absolute Gasteiger partial charge is 0.383 e. The zero-order valence-corrected chi connectivity index (χ0v) is 12.2. The molecule has 7 heteroatoms. The zero-order valence-electron chi connectivity index (χ0n) is 10.6. The van der Waals surface area contributed by atoms with E-state index < -0.39 is 0 Å². The van der Waals surface area contributed by atoms with E-state index in [1.165, 1.54) is 12.8 Å². The maximum absolute atomic E-state index is 5.97. The van der Waals surface area contributed by atoms with E-state index in [9.17, 15) is 0 Å². The van der Waals surface area contributed by atoms with Crippen molar-refractivity contribution >= 4 is 27.6 Å². The number of halogens is 1. The summed E-state index contributed by atoms with van der Waals surface area (Å²) in [4.78, 5) is 11.1. The van der Waals surface area contributed by atoms with Crippen molar-refractivity contribution in [3.8, 4) is 5.95 Å². The molecule has 1 aliphatic rings. The number of anilines is 2. The number of nitrogens with zero attached hydrogens (tertiary/aromatic N) is 5. The Bertz CT molecular complexity index is 582. The van der Waals surface area contributed by atoms with Gasteiger partial charge in [0.2, 0.25) is 0 Å². The first-order chi connectivity index (χ1) is 9.16. The number of nitrogens with two attached hydrogens (primary N) is 1. The lowest BCUT2D eigenvalue weighted by Gasteiger charge is -2.24. The van der Waals surface area contributed by atoms with Crippen molar-refractivity contribution in [3.05, 3.63) is 22.9 Å². The Morgan fingerprint density at radius 2 is 2.26 bits per heavy atom. The summed E-state index contributed by atoms with van der Waals surface area (Å²) >= 11 is 3.49. The fraction of sp³-hybridized carbons (Fsp3) is 0.417. The van der Waals surface area contributed by atoms with Crippen molar-refractivity contribution in [2.75, 3.05) is 17.2 Å². The molecule has 2 aromatic rings. The van der Waals surface area contributed by atoms with Crippen LogP contribution in [0.15, 0.2) is 22.9 Å². The van der Waals surface area contributed by atoms with Crippen molar-refractivity contribution in [2.45, 2.75) is 25.8 Å². The molecule has 0 aliphatic carbocycles. The minimum Gasteiger partial charge on any atom is -0.383 e. The van der Waals surface area contributed by atoms with Crippen LogP contribution in [-0.4, -0.2) is 32.3 Å². The van der Waals surface area contributed by atoms with E-state index in [0.717, 1.165) is 16.8 Å². The summed E-state index contributed by atoms with van der Waals surface area (Å²) < 4.78 is 2.38. The Hall–Kier alpha value is -1.63. The Morgan fingerprint density at radius 3 is 2.89 bits per heavy atom. The Balaban J connectivity index is 2.08. The lowest BCUT2D eigenvalue weighted by Crippen LogP contribution is -2.28. The van der Waals surface area contributed by atoms with Crippen molar-refractivity contribution in [2.24, 2.45) is 0 Å². The lowest BCUT2D eigenvalue weighted by molar-refractivity contribution is 0.717. The van der Waals surface area contributed by atoms with Gasteiger partial charge in [0.25, 0.3) is 5.95 Å². The molecule has 100 valence electrons. The number of hydrogen-bond acceptors (Lipinski definition) is 5. The molecule has 0 spiro atoms. The van der Waals surface area contributed by atoms with Crippen LogP contribution in [0, 0.1) is 0 Å². The van der Waals surface area contributed by atoms with Crippen LogP contribution < -0.4 is 10.6 Å². The van der Waals surface area contributed by atoms with Gasteiger partial charge in [-0.3, -0.25) is 0 Å². The smallest absolute Gasteiger partial charge is 0.254 e. The zero-order chi connectivity index (χ0) is 13.4. The molecule has 3 heterocycles. The number of aromatic nitrogens is 4. The molecule has 3 rings (SSSR count). The second-order valence-corrected chi connectivity index (χ2v) is 5.47. The van der Waals surface area contributed by atoms with Crippen molar-refractivity contribution < 1.29 is 0 Å². The van der Waals surface area contributed by atoms with Gasteiger partial charge in [0, 0.05) is 25.0 Å². The molecule has 0 bridgehead atoms. The molecule has 0 aromatic carbocycles. The van der Waals surface area contributed by atoms with Crippen LogP contribution in [0.4, 0.5) is 11.6 Å². The third-order valence-electron chi connectivity index (χ3n) is 3.38. The van der Waals surface area contributed by atoms with E-state index in [2.05, 4.69) is 42.8 Å². The predicted molar refractivity (Wildman–Crippen MR) is 77.3 cm³/mol. The van der Waals surface area contributed by atoms with Crippen molar-refractivity contribution in [1.29, 1.82) is 0 Å². The van der Waals surface area contributed by atoms with Gasteiger partial charge >= 0.3 is 0 Å². The van der Waals surface area contributed by atoms with Crippen LogP contribution in [0.3, 0.4) is 0 Å². The summed E-state index contributed by atoms with van der Waals surface area (Å²) in [7, 11) is 0. The molecular formula is C12H15BrN6. The first kappa shape index (κ1) is 12.4. The van der Waals surface area contributed by atoms with Gasteiger partial charge in [-0.25, -0.2) is 4.68 Å². The highest BCUT2D eigenvalue weighted by Gasteiger charge is 2.25. The molecule has 0 saturated carbocycles. The van der Waals surface area contributed by atoms with E-state index in [0.29, 0.717) is 17.8 Å². The maximum Gasteiger partial charge on any atom is 0.254 e. The third kappa shape index (κ3) is 2.18. The average Bonchev–Trinajstić information content (AvgIpc) is 3.04. The molecule has 1 aliphatic heterocycles. The highest BCUT2D eigenvalue weighted by atomic mass is 79.9. The lowest BCUT2D eigenvalue weighted by atomic mass is 10.2. The summed E-state index contributed by atoms with van der Waals surface area (Å²) in [5.74, 6) is 1.79. The van der Waals surface area contributed by atoms with Gasteiger partial charge in [-0.05, 0) is 41.8 Å². The van der Waals surface area contributed by atoms with E-state index in [1.807, 2.05) is 6.07 Å². The minimum atomic E-state index is 0.439. The third-order valence-corrected chi connectivity index (χ3v) is 4.14. The van der Waals surface area contributed by atoms with Crippen LogP contribution in [0.2, 0.25) is 0 Å².